The molecule has 130 valence electrons. The highest BCUT2D eigenvalue weighted by atomic mass is 32.2. The Labute approximate surface area is 142 Å². The van der Waals surface area contributed by atoms with Gasteiger partial charge in [0.25, 0.3) is 10.2 Å². The van der Waals surface area contributed by atoms with Crippen molar-refractivity contribution in [2.45, 2.75) is 19.8 Å². The summed E-state index contributed by atoms with van der Waals surface area (Å²) >= 11 is 0. The van der Waals surface area contributed by atoms with Gasteiger partial charge in [-0.05, 0) is 25.7 Å². The first-order chi connectivity index (χ1) is 11.4. The van der Waals surface area contributed by atoms with Crippen LogP contribution in [0.1, 0.15) is 17.8 Å². The summed E-state index contributed by atoms with van der Waals surface area (Å²) in [5.41, 5.74) is 2.53. The Hall–Kier alpha value is -1.84. The predicted octanol–water partition coefficient (Wildman–Crippen LogP) is 0.846. The van der Waals surface area contributed by atoms with Gasteiger partial charge in [-0.25, -0.2) is 9.97 Å². The second-order valence-corrected chi connectivity index (χ2v) is 8.46. The molecule has 0 unspecified atom stereocenters. The van der Waals surface area contributed by atoms with Crippen LogP contribution in [0, 0.1) is 12.8 Å². The molecule has 1 fully saturated rings. The molecular formula is C15H22N6O2S. The van der Waals surface area contributed by atoms with E-state index in [4.69, 9.17) is 0 Å². The fourth-order valence-electron chi connectivity index (χ4n) is 2.86. The number of aryl methyl sites for hydroxylation is 1. The first kappa shape index (κ1) is 17.0. The fraction of sp³-hybridized carbons (Fsp3) is 0.533. The highest BCUT2D eigenvalue weighted by Crippen LogP contribution is 2.24. The van der Waals surface area contributed by atoms with E-state index < -0.39 is 10.2 Å². The summed E-state index contributed by atoms with van der Waals surface area (Å²) in [4.78, 5) is 16.3. The van der Waals surface area contributed by atoms with Crippen LogP contribution < -0.4 is 0 Å². The van der Waals surface area contributed by atoms with Crippen molar-refractivity contribution in [3.63, 3.8) is 0 Å². The summed E-state index contributed by atoms with van der Waals surface area (Å²) in [5, 5.41) is 0. The normalized spacial score (nSPS) is 19.2. The third-order valence-electron chi connectivity index (χ3n) is 4.16. The third-order valence-corrected chi connectivity index (χ3v) is 6.07. The van der Waals surface area contributed by atoms with Gasteiger partial charge >= 0.3 is 0 Å². The second kappa shape index (κ2) is 6.58. The van der Waals surface area contributed by atoms with Gasteiger partial charge in [-0.1, -0.05) is 0 Å². The molecule has 0 aliphatic carbocycles. The molecule has 0 aromatic carbocycles. The quantitative estimate of drug-likeness (QED) is 0.862. The number of rotatable bonds is 5. The maximum atomic E-state index is 12.2. The molecule has 3 heterocycles. The van der Waals surface area contributed by atoms with Crippen LogP contribution in [-0.2, 0) is 16.6 Å². The van der Waals surface area contributed by atoms with Crippen LogP contribution in [0.4, 0.5) is 0 Å². The van der Waals surface area contributed by atoms with E-state index in [0.29, 0.717) is 31.0 Å². The van der Waals surface area contributed by atoms with Crippen molar-refractivity contribution in [2.24, 2.45) is 5.92 Å². The van der Waals surface area contributed by atoms with Crippen molar-refractivity contribution in [1.82, 2.24) is 28.5 Å². The zero-order valence-electron chi connectivity index (χ0n) is 14.1. The first-order valence-corrected chi connectivity index (χ1v) is 9.26. The zero-order chi connectivity index (χ0) is 17.3. The van der Waals surface area contributed by atoms with Gasteiger partial charge in [0.05, 0.1) is 11.9 Å². The molecule has 0 amide bonds. The molecule has 24 heavy (non-hydrogen) atoms. The zero-order valence-corrected chi connectivity index (χ0v) is 14.9. The van der Waals surface area contributed by atoms with Crippen molar-refractivity contribution in [2.75, 3.05) is 27.2 Å². The molecule has 2 aromatic heterocycles. The maximum absolute atomic E-state index is 12.2. The van der Waals surface area contributed by atoms with Gasteiger partial charge < -0.3 is 4.98 Å². The lowest BCUT2D eigenvalue weighted by Crippen LogP contribution is -2.38. The predicted molar refractivity (Wildman–Crippen MR) is 90.3 cm³/mol. The van der Waals surface area contributed by atoms with Crippen LogP contribution in [0.2, 0.25) is 0 Å². The van der Waals surface area contributed by atoms with Crippen LogP contribution in [0.25, 0.3) is 11.5 Å². The molecule has 1 aliphatic heterocycles. The molecule has 1 N–H and O–H groups in total. The molecule has 0 bridgehead atoms. The van der Waals surface area contributed by atoms with Gasteiger partial charge in [0, 0.05) is 45.3 Å². The first-order valence-electron chi connectivity index (χ1n) is 7.87. The van der Waals surface area contributed by atoms with Gasteiger partial charge in [-0.3, -0.25) is 4.98 Å². The van der Waals surface area contributed by atoms with E-state index in [9.17, 15) is 8.42 Å². The lowest BCUT2D eigenvalue weighted by molar-refractivity contribution is 0.409. The number of nitrogens with zero attached hydrogens (tertiary/aromatic N) is 5. The number of hydrogen-bond donors (Lipinski definition) is 1. The van der Waals surface area contributed by atoms with Crippen LogP contribution in [-0.4, -0.2) is 64.1 Å². The van der Waals surface area contributed by atoms with Crippen molar-refractivity contribution < 1.29 is 8.42 Å². The largest absolute Gasteiger partial charge is 0.341 e. The molecule has 0 radical (unpaired) electrons. The van der Waals surface area contributed by atoms with E-state index in [1.807, 2.05) is 6.92 Å². The summed E-state index contributed by atoms with van der Waals surface area (Å²) in [5.74, 6) is 0.952. The fourth-order valence-corrected chi connectivity index (χ4v) is 4.06. The Kier molecular flexibility index (Phi) is 4.66. The van der Waals surface area contributed by atoms with E-state index >= 15 is 0 Å². The molecular weight excluding hydrogens is 328 g/mol. The summed E-state index contributed by atoms with van der Waals surface area (Å²) < 4.78 is 27.2. The van der Waals surface area contributed by atoms with Gasteiger partial charge in [-0.2, -0.15) is 17.0 Å². The Morgan fingerprint density at radius 3 is 2.79 bits per heavy atom. The van der Waals surface area contributed by atoms with Crippen LogP contribution in [0.5, 0.6) is 0 Å². The van der Waals surface area contributed by atoms with Crippen LogP contribution >= 0.6 is 0 Å². The smallest absolute Gasteiger partial charge is 0.281 e. The Morgan fingerprint density at radius 1 is 1.33 bits per heavy atom. The number of hydrogen-bond acceptors (Lipinski definition) is 5. The van der Waals surface area contributed by atoms with Gasteiger partial charge in [-0.15, -0.1) is 0 Å². The SMILES string of the molecule is Cc1cnc(-c2cncc(C[C@H]3CCN(S(=O)(=O)N(C)C)C3)n2)[nH]1. The van der Waals surface area contributed by atoms with Crippen molar-refractivity contribution in [3.05, 3.63) is 30.0 Å². The van der Waals surface area contributed by atoms with Gasteiger partial charge in [0.1, 0.15) is 5.69 Å². The summed E-state index contributed by atoms with van der Waals surface area (Å²) in [7, 11) is -0.218. The summed E-state index contributed by atoms with van der Waals surface area (Å²) in [6.45, 7) is 3.01. The lowest BCUT2D eigenvalue weighted by Gasteiger charge is -2.20. The highest BCUT2D eigenvalue weighted by molar-refractivity contribution is 7.86. The Morgan fingerprint density at radius 2 is 2.12 bits per heavy atom. The Balaban J connectivity index is 1.69. The lowest BCUT2D eigenvalue weighted by atomic mass is 10.0. The minimum atomic E-state index is -3.33. The molecule has 0 saturated carbocycles. The Bertz CT molecular complexity index is 817. The molecule has 2 aromatic rings. The van der Waals surface area contributed by atoms with E-state index in [2.05, 4.69) is 19.9 Å². The van der Waals surface area contributed by atoms with Crippen LogP contribution in [0.3, 0.4) is 0 Å². The average Bonchev–Trinajstić information content (AvgIpc) is 3.17. The van der Waals surface area contributed by atoms with E-state index in [1.165, 1.54) is 8.61 Å². The van der Waals surface area contributed by atoms with Crippen molar-refractivity contribution >= 4 is 10.2 Å². The van der Waals surface area contributed by atoms with Crippen molar-refractivity contribution in [3.8, 4) is 11.5 Å². The topological polar surface area (TPSA) is 95.1 Å². The number of aromatic amines is 1. The molecule has 0 spiro atoms. The maximum Gasteiger partial charge on any atom is 0.281 e. The standard InChI is InChI=1S/C15H22N6O2S/c1-11-7-17-15(18-11)14-9-16-8-13(19-14)6-12-4-5-21(10-12)24(22,23)20(2)3/h7-9,12H,4-6,10H2,1-3H3,(H,17,18)/t12-/m1/s1. The van der Waals surface area contributed by atoms with Crippen molar-refractivity contribution in [1.29, 1.82) is 0 Å². The number of H-pyrrole nitrogens is 1. The molecule has 8 nitrogen and oxygen atoms in total. The van der Waals surface area contributed by atoms with E-state index in [0.717, 1.165) is 17.8 Å². The highest BCUT2D eigenvalue weighted by Gasteiger charge is 2.32. The average molecular weight is 350 g/mol. The molecule has 1 aliphatic rings. The van der Waals surface area contributed by atoms with E-state index in [1.54, 1.807) is 32.7 Å². The van der Waals surface area contributed by atoms with Gasteiger partial charge in [0.2, 0.25) is 0 Å². The number of aromatic nitrogens is 4. The minimum Gasteiger partial charge on any atom is -0.341 e. The summed E-state index contributed by atoms with van der Waals surface area (Å²) in [6, 6.07) is 0. The molecule has 3 rings (SSSR count). The van der Waals surface area contributed by atoms with Crippen LogP contribution in [0.15, 0.2) is 18.6 Å². The summed E-state index contributed by atoms with van der Waals surface area (Å²) in [6.07, 6.45) is 6.71. The molecule has 9 heteroatoms. The molecule has 1 atom stereocenters. The monoisotopic (exact) mass is 350 g/mol. The second-order valence-electron chi connectivity index (χ2n) is 6.32. The number of nitrogens with one attached hydrogen (secondary N) is 1. The van der Waals surface area contributed by atoms with E-state index in [-0.39, 0.29) is 5.92 Å². The minimum absolute atomic E-state index is 0.252. The number of imidazole rings is 1. The molecule has 1 saturated heterocycles. The van der Waals surface area contributed by atoms with Gasteiger partial charge in [0.15, 0.2) is 5.82 Å². The third kappa shape index (κ3) is 3.47.